The molecule has 2 rings (SSSR count). The number of nitrogens with zero attached hydrogens (tertiary/aromatic N) is 2. The Hall–Kier alpha value is -1.07. The van der Waals surface area contributed by atoms with E-state index in [1.165, 1.54) is 6.42 Å². The molecule has 1 fully saturated rings. The number of aliphatic hydroxyl groups excluding tert-OH is 1. The van der Waals surface area contributed by atoms with E-state index in [9.17, 15) is 5.11 Å². The molecule has 2 atom stereocenters. The Balaban J connectivity index is 2.12. The van der Waals surface area contributed by atoms with Gasteiger partial charge in [0.2, 0.25) is 0 Å². The fraction of sp³-hybridized carbons (Fsp3) is 0.786. The first-order valence-electron chi connectivity index (χ1n) is 7.04. The molecule has 0 bridgehead atoms. The average molecular weight is 268 g/mol. The van der Waals surface area contributed by atoms with Crippen molar-refractivity contribution in [2.75, 3.05) is 13.7 Å². The zero-order valence-electron chi connectivity index (χ0n) is 12.0. The van der Waals surface area contributed by atoms with Crippen LogP contribution in [0.15, 0.2) is 6.20 Å². The van der Waals surface area contributed by atoms with Gasteiger partial charge in [-0.15, -0.1) is 0 Å². The van der Waals surface area contributed by atoms with Crippen LogP contribution in [-0.4, -0.2) is 34.7 Å². The zero-order chi connectivity index (χ0) is 13.8. The molecule has 1 aromatic heterocycles. The Morgan fingerprint density at radius 1 is 1.53 bits per heavy atom. The van der Waals surface area contributed by atoms with Crippen LogP contribution in [0.1, 0.15) is 57.4 Å². The van der Waals surface area contributed by atoms with Crippen LogP contribution >= 0.6 is 0 Å². The molecule has 2 unspecified atom stereocenters. The van der Waals surface area contributed by atoms with Crippen molar-refractivity contribution in [2.45, 2.75) is 57.8 Å². The van der Waals surface area contributed by atoms with E-state index in [-0.39, 0.29) is 12.1 Å². The summed E-state index contributed by atoms with van der Waals surface area (Å²) in [6.07, 6.45) is 5.15. The first kappa shape index (κ1) is 14.3. The summed E-state index contributed by atoms with van der Waals surface area (Å²) in [6.45, 7) is 4.89. The van der Waals surface area contributed by atoms with E-state index >= 15 is 0 Å². The van der Waals surface area contributed by atoms with E-state index in [2.05, 4.69) is 5.10 Å². The summed E-state index contributed by atoms with van der Waals surface area (Å²) in [4.78, 5) is 0. The predicted octanol–water partition coefficient (Wildman–Crippen LogP) is 2.47. The molecule has 0 aliphatic carbocycles. The lowest BCUT2D eigenvalue weighted by Crippen LogP contribution is -2.23. The highest BCUT2D eigenvalue weighted by molar-refractivity contribution is 5.27. The largest absolute Gasteiger partial charge is 0.493 e. The van der Waals surface area contributed by atoms with E-state index < -0.39 is 6.10 Å². The van der Waals surface area contributed by atoms with Gasteiger partial charge in [-0.25, -0.2) is 0 Å². The van der Waals surface area contributed by atoms with Gasteiger partial charge in [0.05, 0.1) is 19.4 Å². The third-order valence-corrected chi connectivity index (χ3v) is 3.58. The molecule has 19 heavy (non-hydrogen) atoms. The zero-order valence-corrected chi connectivity index (χ0v) is 12.0. The average Bonchev–Trinajstić information content (AvgIpc) is 2.83. The van der Waals surface area contributed by atoms with E-state index in [1.807, 2.05) is 18.5 Å². The van der Waals surface area contributed by atoms with Crippen molar-refractivity contribution < 1.29 is 14.6 Å². The van der Waals surface area contributed by atoms with E-state index in [1.54, 1.807) is 13.3 Å². The summed E-state index contributed by atoms with van der Waals surface area (Å²) >= 11 is 0. The second kappa shape index (κ2) is 6.39. The van der Waals surface area contributed by atoms with Gasteiger partial charge in [-0.1, -0.05) is 0 Å². The van der Waals surface area contributed by atoms with Gasteiger partial charge in [0.25, 0.3) is 0 Å². The van der Waals surface area contributed by atoms with Gasteiger partial charge in [0.1, 0.15) is 11.8 Å². The normalized spacial score (nSPS) is 21.6. The molecule has 0 aromatic carbocycles. The van der Waals surface area contributed by atoms with E-state index in [4.69, 9.17) is 9.47 Å². The maximum atomic E-state index is 10.5. The molecule has 1 aromatic rings. The lowest BCUT2D eigenvalue weighted by Gasteiger charge is -2.25. The molecule has 1 N–H and O–H groups in total. The van der Waals surface area contributed by atoms with Crippen LogP contribution in [0.25, 0.3) is 0 Å². The summed E-state index contributed by atoms with van der Waals surface area (Å²) < 4.78 is 12.8. The maximum Gasteiger partial charge on any atom is 0.162 e. The van der Waals surface area contributed by atoms with Crippen LogP contribution in [-0.2, 0) is 4.74 Å². The SMILES string of the molecule is COc1cnn(C(C)C)c1C(O)CC1CCCCO1. The minimum absolute atomic E-state index is 0.143. The summed E-state index contributed by atoms with van der Waals surface area (Å²) in [5, 5.41) is 14.8. The van der Waals surface area contributed by atoms with Crippen LogP contribution < -0.4 is 4.74 Å². The second-order valence-electron chi connectivity index (χ2n) is 5.38. The van der Waals surface area contributed by atoms with Gasteiger partial charge in [-0.2, -0.15) is 5.10 Å². The molecule has 0 amide bonds. The van der Waals surface area contributed by atoms with Gasteiger partial charge >= 0.3 is 0 Å². The molecule has 0 radical (unpaired) electrons. The molecule has 5 heteroatoms. The number of aliphatic hydroxyl groups is 1. The number of hydrogen-bond donors (Lipinski definition) is 1. The van der Waals surface area contributed by atoms with Crippen molar-refractivity contribution in [3.63, 3.8) is 0 Å². The van der Waals surface area contributed by atoms with Crippen LogP contribution in [0, 0.1) is 0 Å². The summed E-state index contributed by atoms with van der Waals surface area (Å²) in [7, 11) is 1.61. The Bertz CT molecular complexity index is 397. The fourth-order valence-corrected chi connectivity index (χ4v) is 2.60. The van der Waals surface area contributed by atoms with Crippen molar-refractivity contribution in [3.8, 4) is 5.75 Å². The lowest BCUT2D eigenvalue weighted by molar-refractivity contribution is -0.0176. The van der Waals surface area contributed by atoms with Crippen molar-refractivity contribution in [2.24, 2.45) is 0 Å². The highest BCUT2D eigenvalue weighted by Crippen LogP contribution is 2.32. The Morgan fingerprint density at radius 3 is 2.89 bits per heavy atom. The van der Waals surface area contributed by atoms with Crippen molar-refractivity contribution >= 4 is 0 Å². The molecule has 108 valence electrons. The number of ether oxygens (including phenoxy) is 2. The fourth-order valence-electron chi connectivity index (χ4n) is 2.60. The van der Waals surface area contributed by atoms with Gasteiger partial charge in [0.15, 0.2) is 5.75 Å². The van der Waals surface area contributed by atoms with Crippen molar-refractivity contribution in [3.05, 3.63) is 11.9 Å². The standard InChI is InChI=1S/C14H24N2O3/c1-10(2)16-14(13(18-3)9-15-16)12(17)8-11-6-4-5-7-19-11/h9-12,17H,4-8H2,1-3H3. The lowest BCUT2D eigenvalue weighted by atomic mass is 10.0. The van der Waals surface area contributed by atoms with Crippen molar-refractivity contribution in [1.82, 2.24) is 9.78 Å². The monoisotopic (exact) mass is 268 g/mol. The summed E-state index contributed by atoms with van der Waals surface area (Å²) in [5.74, 6) is 0.650. The van der Waals surface area contributed by atoms with E-state index in [0.29, 0.717) is 12.2 Å². The number of rotatable bonds is 5. The first-order chi connectivity index (χ1) is 9.13. The molecule has 1 aliphatic heterocycles. The van der Waals surface area contributed by atoms with Gasteiger partial charge < -0.3 is 14.6 Å². The quantitative estimate of drug-likeness (QED) is 0.891. The Labute approximate surface area is 114 Å². The predicted molar refractivity (Wildman–Crippen MR) is 72.3 cm³/mol. The molecular weight excluding hydrogens is 244 g/mol. The molecule has 0 spiro atoms. The minimum Gasteiger partial charge on any atom is -0.493 e. The highest BCUT2D eigenvalue weighted by atomic mass is 16.5. The Kier molecular flexibility index (Phi) is 4.82. The molecule has 1 aliphatic rings. The van der Waals surface area contributed by atoms with Crippen LogP contribution in [0.3, 0.4) is 0 Å². The van der Waals surface area contributed by atoms with Gasteiger partial charge in [-0.05, 0) is 33.1 Å². The van der Waals surface area contributed by atoms with Gasteiger partial charge in [-0.3, -0.25) is 4.68 Å². The molecule has 0 saturated carbocycles. The van der Waals surface area contributed by atoms with Crippen LogP contribution in [0.5, 0.6) is 5.75 Å². The molecule has 5 nitrogen and oxygen atoms in total. The number of aromatic nitrogens is 2. The minimum atomic E-state index is -0.594. The van der Waals surface area contributed by atoms with E-state index in [0.717, 1.165) is 25.1 Å². The number of methoxy groups -OCH3 is 1. The molecule has 2 heterocycles. The third kappa shape index (κ3) is 3.28. The summed E-state index contributed by atoms with van der Waals surface area (Å²) in [5.41, 5.74) is 0.756. The van der Waals surface area contributed by atoms with Crippen molar-refractivity contribution in [1.29, 1.82) is 0 Å². The maximum absolute atomic E-state index is 10.5. The smallest absolute Gasteiger partial charge is 0.162 e. The summed E-state index contributed by atoms with van der Waals surface area (Å²) in [6, 6.07) is 0.195. The number of hydrogen-bond acceptors (Lipinski definition) is 4. The van der Waals surface area contributed by atoms with Crippen LogP contribution in [0.2, 0.25) is 0 Å². The highest BCUT2D eigenvalue weighted by Gasteiger charge is 2.25. The third-order valence-electron chi connectivity index (χ3n) is 3.58. The Morgan fingerprint density at radius 2 is 2.32 bits per heavy atom. The first-order valence-corrected chi connectivity index (χ1v) is 7.04. The second-order valence-corrected chi connectivity index (χ2v) is 5.38. The van der Waals surface area contributed by atoms with Gasteiger partial charge in [0, 0.05) is 19.1 Å². The topological polar surface area (TPSA) is 56.5 Å². The molecular formula is C14H24N2O3. The molecule has 1 saturated heterocycles. The van der Waals surface area contributed by atoms with Crippen LogP contribution in [0.4, 0.5) is 0 Å².